The van der Waals surface area contributed by atoms with Crippen LogP contribution in [0.5, 0.6) is 0 Å². The molecule has 61 valence electrons. The Bertz CT molecular complexity index is 156. The van der Waals surface area contributed by atoms with Crippen LogP contribution in [0.3, 0.4) is 0 Å². The molecule has 0 unspecified atom stereocenters. The number of allylic oxidation sites excluding steroid dienone is 2. The van der Waals surface area contributed by atoms with E-state index in [0.29, 0.717) is 0 Å². The third kappa shape index (κ3) is 17.7. The van der Waals surface area contributed by atoms with Gasteiger partial charge in [-0.3, -0.25) is 4.79 Å². The Labute approximate surface area is 66.0 Å². The molecule has 0 saturated carbocycles. The molecule has 0 atom stereocenters. The van der Waals surface area contributed by atoms with Gasteiger partial charge in [-0.15, -0.1) is 0 Å². The van der Waals surface area contributed by atoms with Crippen molar-refractivity contribution in [2.24, 2.45) is 0 Å². The molecule has 3 heteroatoms. The molecule has 0 heterocycles. The van der Waals surface area contributed by atoms with Crippen LogP contribution in [-0.2, 0) is 9.59 Å². The standard InChI is InChI=1S/C4H6O2.C4H5O/c1-3(2)4(5)6;1-2-3-4-5/h1H2,2H3,(H,5,6);2-3H,1H3. The van der Waals surface area contributed by atoms with Crippen molar-refractivity contribution < 1.29 is 14.7 Å². The van der Waals surface area contributed by atoms with Crippen molar-refractivity contribution in [3.8, 4) is 0 Å². The van der Waals surface area contributed by atoms with Gasteiger partial charge in [0, 0.05) is 5.57 Å². The summed E-state index contributed by atoms with van der Waals surface area (Å²) in [5.74, 6) is -0.935. The van der Waals surface area contributed by atoms with Gasteiger partial charge in [0.25, 0.3) is 0 Å². The molecule has 0 spiro atoms. The lowest BCUT2D eigenvalue weighted by atomic mass is 10.4. The molecule has 0 aromatic carbocycles. The van der Waals surface area contributed by atoms with E-state index >= 15 is 0 Å². The lowest BCUT2D eigenvalue weighted by Crippen LogP contribution is -1.92. The van der Waals surface area contributed by atoms with Crippen molar-refractivity contribution in [3.63, 3.8) is 0 Å². The molecule has 3 nitrogen and oxygen atoms in total. The van der Waals surface area contributed by atoms with Gasteiger partial charge in [0.2, 0.25) is 6.29 Å². The summed E-state index contributed by atoms with van der Waals surface area (Å²) >= 11 is 0. The molecule has 1 N–H and O–H groups in total. The Kier molecular flexibility index (Phi) is 9.65. The average Bonchev–Trinajstić information content (AvgIpc) is 1.90. The van der Waals surface area contributed by atoms with Gasteiger partial charge in [-0.1, -0.05) is 12.7 Å². The smallest absolute Gasteiger partial charge is 0.330 e. The zero-order valence-electron chi connectivity index (χ0n) is 6.63. The predicted octanol–water partition coefficient (Wildman–Crippen LogP) is 1.32. The van der Waals surface area contributed by atoms with Crippen LogP contribution in [0, 0.1) is 0 Å². The lowest BCUT2D eigenvalue weighted by molar-refractivity contribution is -0.132. The fraction of sp³-hybridized carbons (Fsp3) is 0.250. The first-order chi connectivity index (χ1) is 5.06. The Morgan fingerprint density at radius 2 is 2.00 bits per heavy atom. The van der Waals surface area contributed by atoms with E-state index in [-0.39, 0.29) is 5.57 Å². The number of hydrogen-bond acceptors (Lipinski definition) is 2. The number of carboxylic acids is 1. The minimum Gasteiger partial charge on any atom is -0.478 e. The van der Waals surface area contributed by atoms with E-state index in [2.05, 4.69) is 6.58 Å². The van der Waals surface area contributed by atoms with Crippen LogP contribution in [0.15, 0.2) is 24.3 Å². The summed E-state index contributed by atoms with van der Waals surface area (Å²) in [5.41, 5.74) is 0.176. The zero-order valence-corrected chi connectivity index (χ0v) is 6.63. The Morgan fingerprint density at radius 3 is 2.00 bits per heavy atom. The fourth-order valence-electron chi connectivity index (χ4n) is 0.0680. The van der Waals surface area contributed by atoms with Crippen LogP contribution in [0.4, 0.5) is 0 Å². The summed E-state index contributed by atoms with van der Waals surface area (Å²) in [5, 5.41) is 7.89. The zero-order chi connectivity index (χ0) is 9.28. The van der Waals surface area contributed by atoms with Crippen molar-refractivity contribution in [2.75, 3.05) is 0 Å². The molecule has 0 aromatic rings. The largest absolute Gasteiger partial charge is 0.478 e. The number of carboxylic acid groups (broad SMARTS) is 1. The second-order valence-electron chi connectivity index (χ2n) is 1.70. The first kappa shape index (κ1) is 12.3. The van der Waals surface area contributed by atoms with Crippen molar-refractivity contribution in [1.29, 1.82) is 0 Å². The van der Waals surface area contributed by atoms with Crippen LogP contribution in [0.25, 0.3) is 0 Å². The molecular formula is C8H11O3. The summed E-state index contributed by atoms with van der Waals surface area (Å²) in [6, 6.07) is 0. The molecule has 0 aliphatic carbocycles. The van der Waals surface area contributed by atoms with E-state index in [1.165, 1.54) is 13.0 Å². The van der Waals surface area contributed by atoms with Gasteiger partial charge in [0.1, 0.15) is 0 Å². The lowest BCUT2D eigenvalue weighted by Gasteiger charge is -1.79. The highest BCUT2D eigenvalue weighted by molar-refractivity contribution is 5.84. The van der Waals surface area contributed by atoms with Gasteiger partial charge in [-0.2, -0.15) is 0 Å². The summed E-state index contributed by atoms with van der Waals surface area (Å²) in [6.07, 6.45) is 4.54. The minimum atomic E-state index is -0.935. The van der Waals surface area contributed by atoms with Crippen molar-refractivity contribution in [2.45, 2.75) is 13.8 Å². The van der Waals surface area contributed by atoms with Crippen molar-refractivity contribution in [1.82, 2.24) is 0 Å². The second kappa shape index (κ2) is 8.62. The van der Waals surface area contributed by atoms with E-state index in [1.807, 2.05) is 0 Å². The molecular weight excluding hydrogens is 144 g/mol. The minimum absolute atomic E-state index is 0.176. The fourth-order valence-corrected chi connectivity index (χ4v) is 0.0680. The number of hydrogen-bond donors (Lipinski definition) is 1. The van der Waals surface area contributed by atoms with Crippen LogP contribution in [-0.4, -0.2) is 17.4 Å². The van der Waals surface area contributed by atoms with Crippen molar-refractivity contribution >= 4 is 12.3 Å². The van der Waals surface area contributed by atoms with Crippen molar-refractivity contribution in [3.05, 3.63) is 24.3 Å². The summed E-state index contributed by atoms with van der Waals surface area (Å²) in [7, 11) is 0. The van der Waals surface area contributed by atoms with Gasteiger partial charge in [0.05, 0.1) is 0 Å². The molecule has 0 aliphatic heterocycles. The monoisotopic (exact) mass is 155 g/mol. The van der Waals surface area contributed by atoms with E-state index in [1.54, 1.807) is 19.3 Å². The number of rotatable bonds is 2. The Morgan fingerprint density at radius 1 is 1.64 bits per heavy atom. The Hall–Kier alpha value is -1.38. The topological polar surface area (TPSA) is 54.4 Å². The Balaban J connectivity index is 0. The average molecular weight is 155 g/mol. The van der Waals surface area contributed by atoms with E-state index in [9.17, 15) is 9.59 Å². The summed E-state index contributed by atoms with van der Waals surface area (Å²) < 4.78 is 0. The molecule has 0 saturated heterocycles. The molecule has 1 radical (unpaired) electrons. The highest BCUT2D eigenvalue weighted by atomic mass is 16.4. The van der Waals surface area contributed by atoms with Crippen LogP contribution < -0.4 is 0 Å². The highest BCUT2D eigenvalue weighted by Gasteiger charge is 1.90. The molecule has 0 aliphatic rings. The van der Waals surface area contributed by atoms with Gasteiger partial charge in [-0.05, 0) is 19.9 Å². The molecule has 0 aromatic heterocycles. The van der Waals surface area contributed by atoms with E-state index in [4.69, 9.17) is 5.11 Å². The van der Waals surface area contributed by atoms with Crippen LogP contribution in [0.2, 0.25) is 0 Å². The number of aliphatic carboxylic acids is 1. The third-order valence-electron chi connectivity index (χ3n) is 0.600. The van der Waals surface area contributed by atoms with Gasteiger partial charge in [-0.25, -0.2) is 4.79 Å². The maximum atomic E-state index is 9.60. The van der Waals surface area contributed by atoms with Crippen LogP contribution in [0.1, 0.15) is 13.8 Å². The first-order valence-corrected chi connectivity index (χ1v) is 2.93. The van der Waals surface area contributed by atoms with Gasteiger partial charge < -0.3 is 5.11 Å². The predicted molar refractivity (Wildman–Crippen MR) is 43.0 cm³/mol. The highest BCUT2D eigenvalue weighted by Crippen LogP contribution is 1.81. The number of carbonyl (C=O) groups is 1. The third-order valence-corrected chi connectivity index (χ3v) is 0.600. The maximum Gasteiger partial charge on any atom is 0.330 e. The molecule has 0 fully saturated rings. The molecule has 0 rings (SSSR count). The quantitative estimate of drug-likeness (QED) is 0.612. The normalized spacial score (nSPS) is 8.18. The second-order valence-corrected chi connectivity index (χ2v) is 1.70. The molecule has 0 bridgehead atoms. The number of carbonyl (C=O) groups excluding carboxylic acids is 1. The molecule has 0 amide bonds. The van der Waals surface area contributed by atoms with Gasteiger partial charge >= 0.3 is 5.97 Å². The summed E-state index contributed by atoms with van der Waals surface area (Å²) in [6.45, 7) is 6.37. The summed E-state index contributed by atoms with van der Waals surface area (Å²) in [4.78, 5) is 18.8. The maximum absolute atomic E-state index is 9.60. The van der Waals surface area contributed by atoms with Crippen LogP contribution >= 0.6 is 0 Å². The van der Waals surface area contributed by atoms with Gasteiger partial charge in [0.15, 0.2) is 0 Å². The SMILES string of the molecule is C=C(C)C(=O)O.CC=C[C]=O. The van der Waals surface area contributed by atoms with E-state index in [0.717, 1.165) is 0 Å². The first-order valence-electron chi connectivity index (χ1n) is 2.93. The molecule has 11 heavy (non-hydrogen) atoms. The van der Waals surface area contributed by atoms with E-state index < -0.39 is 5.97 Å².